The van der Waals surface area contributed by atoms with Crippen LogP contribution >= 0.6 is 38.5 Å². The molecule has 1 aromatic rings. The molecule has 0 heterocycles. The predicted octanol–water partition coefficient (Wildman–Crippen LogP) is 2.72. The van der Waals surface area contributed by atoms with Gasteiger partial charge in [0.1, 0.15) is 0 Å². The molecule has 0 radical (unpaired) electrons. The van der Waals surface area contributed by atoms with Gasteiger partial charge in [0, 0.05) is 5.56 Å². The maximum Gasteiger partial charge on any atom is 0.406 e. The van der Waals surface area contributed by atoms with Crippen LogP contribution in [0.1, 0.15) is 5.56 Å². The second-order valence-corrected chi connectivity index (χ2v) is 6.42. The molecule has 5 heteroatoms. The molecule has 0 saturated carbocycles. The van der Waals surface area contributed by atoms with Crippen molar-refractivity contribution in [2.45, 2.75) is 2.52 Å². The highest BCUT2D eigenvalue weighted by atomic mass is 127. The number of hydrogen-bond acceptors (Lipinski definition) is 2. The molecular formula is C8H7BrINO2. The largest absolute Gasteiger partial charge is 0.418 e. The summed E-state index contributed by atoms with van der Waals surface area (Å²) < 4.78 is 3.99. The first-order chi connectivity index (χ1) is 6.02. The quantitative estimate of drug-likeness (QED) is 0.655. The minimum absolute atomic E-state index is 0.810. The number of amides is 1. The van der Waals surface area contributed by atoms with E-state index in [1.54, 1.807) is 0 Å². The van der Waals surface area contributed by atoms with Crippen molar-refractivity contribution >= 4 is 44.6 Å². The molecule has 0 spiro atoms. The number of halogens is 2. The molecule has 2 N–H and O–H groups in total. The molecule has 3 nitrogen and oxygen atoms in total. The van der Waals surface area contributed by atoms with Crippen molar-refractivity contribution in [1.82, 2.24) is 0 Å². The highest BCUT2D eigenvalue weighted by Crippen LogP contribution is 2.39. The Balaban J connectivity index is 2.87. The van der Waals surface area contributed by atoms with Crippen LogP contribution in [-0.4, -0.2) is 6.09 Å². The van der Waals surface area contributed by atoms with E-state index in [2.05, 4.69) is 15.9 Å². The maximum atomic E-state index is 10.6. The summed E-state index contributed by atoms with van der Waals surface area (Å²) in [6, 6.07) is 9.27. The smallest absolute Gasteiger partial charge is 0.406 e. The fraction of sp³-hybridized carbons (Fsp3) is 0.125. The molecule has 1 amide bonds. The van der Waals surface area contributed by atoms with Gasteiger partial charge in [-0.1, -0.05) is 30.3 Å². The summed E-state index contributed by atoms with van der Waals surface area (Å²) >= 11 is 5.20. The summed E-state index contributed by atoms with van der Waals surface area (Å²) in [7, 11) is 0. The van der Waals surface area contributed by atoms with Gasteiger partial charge in [0.2, 0.25) is 2.52 Å². The van der Waals surface area contributed by atoms with Crippen LogP contribution in [0, 0.1) is 0 Å². The molecule has 0 aliphatic rings. The Morgan fingerprint density at radius 1 is 1.46 bits per heavy atom. The lowest BCUT2D eigenvalue weighted by atomic mass is 10.2. The topological polar surface area (TPSA) is 52.3 Å². The highest BCUT2D eigenvalue weighted by molar-refractivity contribution is 14.1. The van der Waals surface area contributed by atoms with E-state index in [-0.39, 0.29) is 0 Å². The van der Waals surface area contributed by atoms with Gasteiger partial charge in [-0.05, 0) is 38.5 Å². The van der Waals surface area contributed by atoms with Crippen molar-refractivity contribution in [1.29, 1.82) is 0 Å². The standard InChI is InChI=1S/C8H7BrINO2/c9-8(10,13-7(11)12)6-4-2-1-3-5-6/h1-5H,(H2,11,12). The van der Waals surface area contributed by atoms with Gasteiger partial charge in [-0.3, -0.25) is 0 Å². The van der Waals surface area contributed by atoms with Crippen molar-refractivity contribution in [2.75, 3.05) is 0 Å². The third-order valence-corrected chi connectivity index (χ3v) is 2.80. The Morgan fingerprint density at radius 2 is 2.00 bits per heavy atom. The molecule has 13 heavy (non-hydrogen) atoms. The van der Waals surface area contributed by atoms with E-state index in [0.717, 1.165) is 5.56 Å². The van der Waals surface area contributed by atoms with Crippen molar-refractivity contribution < 1.29 is 9.53 Å². The molecule has 70 valence electrons. The van der Waals surface area contributed by atoms with E-state index < -0.39 is 8.61 Å². The Bertz CT molecular complexity index is 302. The number of hydrogen-bond donors (Lipinski definition) is 1. The zero-order valence-corrected chi connectivity index (χ0v) is 10.3. The fourth-order valence-corrected chi connectivity index (χ4v) is 1.82. The third kappa shape index (κ3) is 3.15. The van der Waals surface area contributed by atoms with Crippen LogP contribution in [0.3, 0.4) is 0 Å². The lowest BCUT2D eigenvalue weighted by Crippen LogP contribution is -2.23. The number of carbonyl (C=O) groups excluding carboxylic acids is 1. The van der Waals surface area contributed by atoms with Gasteiger partial charge in [0.25, 0.3) is 0 Å². The molecule has 0 saturated heterocycles. The molecule has 1 rings (SSSR count). The van der Waals surface area contributed by atoms with E-state index in [9.17, 15) is 4.79 Å². The Hall–Kier alpha value is -0.300. The molecule has 0 bridgehead atoms. The van der Waals surface area contributed by atoms with Gasteiger partial charge < -0.3 is 10.5 Å². The zero-order chi connectivity index (χ0) is 9.90. The molecule has 0 fully saturated rings. The molecule has 1 unspecified atom stereocenters. The van der Waals surface area contributed by atoms with Crippen LogP contribution in [0.4, 0.5) is 4.79 Å². The van der Waals surface area contributed by atoms with E-state index >= 15 is 0 Å². The summed E-state index contributed by atoms with van der Waals surface area (Å²) in [6.45, 7) is 0. The Labute approximate surface area is 97.9 Å². The van der Waals surface area contributed by atoms with Crippen LogP contribution in [0.25, 0.3) is 0 Å². The summed E-state index contributed by atoms with van der Waals surface area (Å²) in [5.41, 5.74) is 5.75. The number of primary amides is 1. The monoisotopic (exact) mass is 355 g/mol. The van der Waals surface area contributed by atoms with Crippen LogP contribution in [-0.2, 0) is 7.25 Å². The summed E-state index contributed by atoms with van der Waals surface area (Å²) in [5.74, 6) is 0. The minimum Gasteiger partial charge on any atom is -0.418 e. The summed E-state index contributed by atoms with van der Waals surface area (Å²) in [6.07, 6.45) is -0.810. The first kappa shape index (κ1) is 10.8. The van der Waals surface area contributed by atoms with E-state index in [1.807, 2.05) is 52.9 Å². The number of alkyl halides is 2. The van der Waals surface area contributed by atoms with Crippen LogP contribution < -0.4 is 5.73 Å². The Kier molecular flexibility index (Phi) is 3.55. The lowest BCUT2D eigenvalue weighted by Gasteiger charge is -2.19. The highest BCUT2D eigenvalue weighted by Gasteiger charge is 2.28. The lowest BCUT2D eigenvalue weighted by molar-refractivity contribution is 0.142. The molecule has 0 aliphatic heterocycles. The first-order valence-corrected chi connectivity index (χ1v) is 5.31. The third-order valence-electron chi connectivity index (χ3n) is 1.34. The van der Waals surface area contributed by atoms with Gasteiger partial charge in [-0.15, -0.1) is 0 Å². The normalized spacial score (nSPS) is 14.6. The van der Waals surface area contributed by atoms with E-state index in [4.69, 9.17) is 10.5 Å². The molecule has 1 aromatic carbocycles. The summed E-state index contributed by atoms with van der Waals surface area (Å²) in [4.78, 5) is 10.6. The average molecular weight is 356 g/mol. The molecule has 0 aliphatic carbocycles. The van der Waals surface area contributed by atoms with E-state index in [0.29, 0.717) is 0 Å². The van der Waals surface area contributed by atoms with Crippen molar-refractivity contribution in [2.24, 2.45) is 5.73 Å². The van der Waals surface area contributed by atoms with Crippen LogP contribution in [0.2, 0.25) is 0 Å². The SMILES string of the molecule is NC(=O)OC(Br)(I)c1ccccc1. The van der Waals surface area contributed by atoms with Gasteiger partial charge in [-0.2, -0.15) is 0 Å². The summed E-state index contributed by atoms with van der Waals surface area (Å²) in [5, 5.41) is 0. The van der Waals surface area contributed by atoms with Gasteiger partial charge >= 0.3 is 6.09 Å². The number of carbonyl (C=O) groups is 1. The number of ether oxygens (including phenoxy) is 1. The van der Waals surface area contributed by atoms with E-state index in [1.165, 1.54) is 0 Å². The first-order valence-electron chi connectivity index (χ1n) is 3.44. The molecular weight excluding hydrogens is 349 g/mol. The Morgan fingerprint density at radius 3 is 2.46 bits per heavy atom. The second kappa shape index (κ2) is 4.28. The van der Waals surface area contributed by atoms with Crippen molar-refractivity contribution in [3.8, 4) is 0 Å². The fourth-order valence-electron chi connectivity index (χ4n) is 0.817. The van der Waals surface area contributed by atoms with Gasteiger partial charge in [0.15, 0.2) is 0 Å². The van der Waals surface area contributed by atoms with Gasteiger partial charge in [-0.25, -0.2) is 4.79 Å². The van der Waals surface area contributed by atoms with Crippen molar-refractivity contribution in [3.05, 3.63) is 35.9 Å². The number of nitrogens with two attached hydrogens (primary N) is 1. The molecule has 1 atom stereocenters. The predicted molar refractivity (Wildman–Crippen MR) is 61.7 cm³/mol. The van der Waals surface area contributed by atoms with Gasteiger partial charge in [0.05, 0.1) is 0 Å². The minimum atomic E-state index is -0.877. The van der Waals surface area contributed by atoms with Crippen molar-refractivity contribution in [3.63, 3.8) is 0 Å². The second-order valence-electron chi connectivity index (χ2n) is 2.30. The van der Waals surface area contributed by atoms with Crippen LogP contribution in [0.5, 0.6) is 0 Å². The zero-order valence-electron chi connectivity index (χ0n) is 6.54. The molecule has 0 aromatic heterocycles. The number of benzene rings is 1. The average Bonchev–Trinajstić information content (AvgIpc) is 2.04. The maximum absolute atomic E-state index is 10.6. The number of rotatable bonds is 2. The van der Waals surface area contributed by atoms with Crippen LogP contribution in [0.15, 0.2) is 30.3 Å².